The Balaban J connectivity index is 1.96. The monoisotopic (exact) mass is 318 g/mol. The van der Waals surface area contributed by atoms with Gasteiger partial charge in [-0.15, -0.1) is 0 Å². The molecule has 1 aromatic heterocycles. The number of rotatable bonds is 2. The quantitative estimate of drug-likeness (QED) is 0.921. The number of halogens is 2. The van der Waals surface area contributed by atoms with E-state index in [4.69, 9.17) is 0 Å². The van der Waals surface area contributed by atoms with Gasteiger partial charge in [0.05, 0.1) is 5.69 Å². The maximum Gasteiger partial charge on any atom is 0.356 e. The number of benzene rings is 1. The summed E-state index contributed by atoms with van der Waals surface area (Å²) in [6.07, 6.45) is 1.59. The minimum Gasteiger partial charge on any atom is -0.476 e. The number of carboxylic acid groups (broad SMARTS) is 1. The number of aromatic carboxylic acids is 1. The molecule has 0 unspecified atom stereocenters. The normalized spacial score (nSPS) is 24.0. The Morgan fingerprint density at radius 3 is 2.74 bits per heavy atom. The van der Waals surface area contributed by atoms with E-state index in [0.29, 0.717) is 17.9 Å². The van der Waals surface area contributed by atoms with Crippen LogP contribution >= 0.6 is 0 Å². The van der Waals surface area contributed by atoms with Gasteiger partial charge in [-0.25, -0.2) is 18.3 Å². The topological polar surface area (TPSA) is 55.1 Å². The van der Waals surface area contributed by atoms with Crippen molar-refractivity contribution in [2.24, 2.45) is 11.3 Å². The number of aromatic nitrogens is 2. The van der Waals surface area contributed by atoms with Gasteiger partial charge in [0.1, 0.15) is 11.5 Å². The zero-order valence-electron chi connectivity index (χ0n) is 12.8. The average molecular weight is 318 g/mol. The van der Waals surface area contributed by atoms with Crippen molar-refractivity contribution in [3.05, 3.63) is 46.8 Å². The van der Waals surface area contributed by atoms with Gasteiger partial charge in [-0.2, -0.15) is 5.10 Å². The molecule has 1 saturated carbocycles. The standard InChI is InChI=1S/C17H16F2N2O2/c1-17(2)8-5-10-14(16(22)23)20-21(15(10)11(17)6-8)13-4-3-9(18)7-12(13)19/h3-4,7-8,11H,5-6H2,1-2H3,(H,22,23)/t8-,11-/m0/s1. The third-order valence-corrected chi connectivity index (χ3v) is 5.61. The van der Waals surface area contributed by atoms with Crippen molar-refractivity contribution < 1.29 is 18.7 Å². The highest BCUT2D eigenvalue weighted by Gasteiger charge is 2.55. The fraction of sp³-hybridized carbons (Fsp3) is 0.412. The molecule has 23 heavy (non-hydrogen) atoms. The van der Waals surface area contributed by atoms with Crippen molar-refractivity contribution >= 4 is 5.97 Å². The van der Waals surface area contributed by atoms with Gasteiger partial charge >= 0.3 is 5.97 Å². The molecule has 3 aliphatic carbocycles. The van der Waals surface area contributed by atoms with Crippen LogP contribution in [-0.2, 0) is 6.42 Å². The summed E-state index contributed by atoms with van der Waals surface area (Å²) < 4.78 is 28.8. The first-order valence-electron chi connectivity index (χ1n) is 7.61. The Bertz CT molecular complexity index is 841. The van der Waals surface area contributed by atoms with Crippen LogP contribution in [0.4, 0.5) is 8.78 Å². The van der Waals surface area contributed by atoms with Crippen LogP contribution in [0.1, 0.15) is 47.9 Å². The number of carboxylic acids is 1. The van der Waals surface area contributed by atoms with Crippen molar-refractivity contribution in [2.45, 2.75) is 32.6 Å². The second-order valence-electron chi connectivity index (χ2n) is 7.04. The van der Waals surface area contributed by atoms with Gasteiger partial charge in [0.25, 0.3) is 0 Å². The zero-order valence-corrected chi connectivity index (χ0v) is 12.8. The van der Waals surface area contributed by atoms with Gasteiger partial charge in [-0.1, -0.05) is 13.8 Å². The molecule has 1 aromatic carbocycles. The highest BCUT2D eigenvalue weighted by atomic mass is 19.1. The molecule has 0 aliphatic heterocycles. The van der Waals surface area contributed by atoms with E-state index in [9.17, 15) is 18.7 Å². The highest BCUT2D eigenvalue weighted by Crippen LogP contribution is 2.62. The van der Waals surface area contributed by atoms with Gasteiger partial charge in [0, 0.05) is 17.5 Å². The number of hydrogen-bond acceptors (Lipinski definition) is 2. The lowest BCUT2D eigenvalue weighted by atomic mass is 9.48. The predicted octanol–water partition coefficient (Wildman–Crippen LogP) is 3.53. The number of nitrogens with zero attached hydrogens (tertiary/aromatic N) is 2. The molecule has 0 spiro atoms. The summed E-state index contributed by atoms with van der Waals surface area (Å²) in [5.41, 5.74) is 1.57. The molecule has 0 saturated heterocycles. The molecule has 5 rings (SSSR count). The summed E-state index contributed by atoms with van der Waals surface area (Å²) in [6.45, 7) is 4.29. The summed E-state index contributed by atoms with van der Waals surface area (Å²) in [5.74, 6) is -1.96. The first-order valence-corrected chi connectivity index (χ1v) is 7.61. The fourth-order valence-electron chi connectivity index (χ4n) is 4.10. The third-order valence-electron chi connectivity index (χ3n) is 5.61. The Labute approximate surface area is 131 Å². The van der Waals surface area contributed by atoms with E-state index in [1.807, 2.05) is 0 Å². The van der Waals surface area contributed by atoms with Crippen LogP contribution in [0.2, 0.25) is 0 Å². The molecule has 1 N–H and O–H groups in total. The van der Waals surface area contributed by atoms with Crippen molar-refractivity contribution in [3.8, 4) is 5.69 Å². The molecular formula is C17H16F2N2O2. The maximum atomic E-state index is 14.2. The Kier molecular flexibility index (Phi) is 2.75. The summed E-state index contributed by atoms with van der Waals surface area (Å²) >= 11 is 0. The van der Waals surface area contributed by atoms with E-state index in [-0.39, 0.29) is 22.7 Å². The Morgan fingerprint density at radius 2 is 2.13 bits per heavy atom. The molecule has 0 radical (unpaired) electrons. The minimum absolute atomic E-state index is 0.0195. The molecule has 2 bridgehead atoms. The lowest BCUT2D eigenvalue weighted by Crippen LogP contribution is -2.48. The van der Waals surface area contributed by atoms with Crippen molar-refractivity contribution in [3.63, 3.8) is 0 Å². The second kappa shape index (κ2) is 4.40. The van der Waals surface area contributed by atoms with Crippen molar-refractivity contribution in [1.82, 2.24) is 9.78 Å². The molecule has 1 fully saturated rings. The van der Waals surface area contributed by atoms with Crippen LogP contribution < -0.4 is 0 Å². The molecule has 3 aliphatic rings. The number of carbonyl (C=O) groups is 1. The van der Waals surface area contributed by atoms with Crippen LogP contribution in [0.25, 0.3) is 5.69 Å². The Hall–Kier alpha value is -2.24. The summed E-state index contributed by atoms with van der Waals surface area (Å²) in [5, 5.41) is 13.6. The van der Waals surface area contributed by atoms with E-state index in [1.165, 1.54) is 10.7 Å². The average Bonchev–Trinajstić information content (AvgIpc) is 2.86. The molecule has 2 atom stereocenters. The summed E-state index contributed by atoms with van der Waals surface area (Å²) in [7, 11) is 0. The molecule has 6 heteroatoms. The smallest absolute Gasteiger partial charge is 0.356 e. The largest absolute Gasteiger partial charge is 0.476 e. The Morgan fingerprint density at radius 1 is 1.39 bits per heavy atom. The zero-order chi connectivity index (χ0) is 16.5. The highest BCUT2D eigenvalue weighted by molar-refractivity contribution is 5.88. The molecule has 4 nitrogen and oxygen atoms in total. The minimum atomic E-state index is -1.11. The van der Waals surface area contributed by atoms with Crippen LogP contribution in [0, 0.1) is 23.0 Å². The van der Waals surface area contributed by atoms with E-state index in [2.05, 4.69) is 18.9 Å². The lowest BCUT2D eigenvalue weighted by molar-refractivity contribution is 0.0144. The van der Waals surface area contributed by atoms with Gasteiger partial charge in [0.15, 0.2) is 11.5 Å². The molecule has 1 heterocycles. The van der Waals surface area contributed by atoms with E-state index in [1.54, 1.807) is 0 Å². The first-order chi connectivity index (χ1) is 10.8. The second-order valence-corrected chi connectivity index (χ2v) is 7.04. The van der Waals surface area contributed by atoms with Crippen molar-refractivity contribution in [2.75, 3.05) is 0 Å². The number of hydrogen-bond donors (Lipinski definition) is 1. The predicted molar refractivity (Wildman–Crippen MR) is 78.8 cm³/mol. The fourth-order valence-corrected chi connectivity index (χ4v) is 4.10. The van der Waals surface area contributed by atoms with Gasteiger partial charge in [-0.3, -0.25) is 0 Å². The molecule has 0 amide bonds. The van der Waals surface area contributed by atoms with Crippen LogP contribution in [0.15, 0.2) is 18.2 Å². The van der Waals surface area contributed by atoms with Gasteiger partial charge < -0.3 is 5.11 Å². The van der Waals surface area contributed by atoms with Crippen molar-refractivity contribution in [1.29, 1.82) is 0 Å². The molecule has 2 aromatic rings. The third kappa shape index (κ3) is 1.81. The van der Waals surface area contributed by atoms with Gasteiger partial charge in [0.2, 0.25) is 0 Å². The summed E-state index contributed by atoms with van der Waals surface area (Å²) in [4.78, 5) is 11.5. The van der Waals surface area contributed by atoms with E-state index in [0.717, 1.165) is 24.2 Å². The van der Waals surface area contributed by atoms with Gasteiger partial charge in [-0.05, 0) is 36.3 Å². The van der Waals surface area contributed by atoms with Crippen LogP contribution in [0.3, 0.4) is 0 Å². The molecule has 120 valence electrons. The van der Waals surface area contributed by atoms with E-state index < -0.39 is 17.6 Å². The summed E-state index contributed by atoms with van der Waals surface area (Å²) in [6, 6.07) is 3.26. The maximum absolute atomic E-state index is 14.2. The SMILES string of the molecule is CC1(C)[C@H]2Cc3c(C(=O)O)nn(-c4ccc(F)cc4F)c3[C@@H]1C2. The lowest BCUT2D eigenvalue weighted by Gasteiger charge is -2.56. The van der Waals surface area contributed by atoms with Crippen LogP contribution in [0.5, 0.6) is 0 Å². The first kappa shape index (κ1) is 14.4. The van der Waals surface area contributed by atoms with Crippen LogP contribution in [-0.4, -0.2) is 20.9 Å². The molecular weight excluding hydrogens is 302 g/mol. The van der Waals surface area contributed by atoms with E-state index >= 15 is 0 Å².